The first kappa shape index (κ1) is 23.6. The van der Waals surface area contributed by atoms with Crippen LogP contribution in [-0.2, 0) is 11.3 Å². The Kier molecular flexibility index (Phi) is 7.39. The molecular weight excluding hydrogens is 427 g/mol. The molecule has 1 N–H and O–H groups in total. The van der Waals surface area contributed by atoms with Crippen LogP contribution in [0, 0.1) is 5.41 Å². The highest BCUT2D eigenvalue weighted by Crippen LogP contribution is 2.39. The average Bonchev–Trinajstić information content (AvgIpc) is 3.17. The lowest BCUT2D eigenvalue weighted by Crippen LogP contribution is -2.45. The van der Waals surface area contributed by atoms with Gasteiger partial charge in [-0.1, -0.05) is 6.07 Å². The summed E-state index contributed by atoms with van der Waals surface area (Å²) in [5.41, 5.74) is 1.77. The molecule has 1 amide bonds. The van der Waals surface area contributed by atoms with Gasteiger partial charge in [0.2, 0.25) is 0 Å². The Bertz CT molecular complexity index is 914. The number of hydrogen-bond acceptors (Lipinski definition) is 6. The highest BCUT2D eigenvalue weighted by molar-refractivity contribution is 5.92. The molecule has 4 rings (SSSR count). The molecule has 0 bridgehead atoms. The van der Waals surface area contributed by atoms with E-state index in [1.165, 1.54) is 12.8 Å². The summed E-state index contributed by atoms with van der Waals surface area (Å²) in [5, 5.41) is 7.12. The molecule has 0 aromatic carbocycles. The zero-order valence-electron chi connectivity index (χ0n) is 17.3. The summed E-state index contributed by atoms with van der Waals surface area (Å²) in [7, 11) is 0. The number of carbonyl (C=O) groups is 2. The second kappa shape index (κ2) is 10.0. The van der Waals surface area contributed by atoms with E-state index in [2.05, 4.69) is 25.9 Å². The monoisotopic (exact) mass is 451 g/mol. The van der Waals surface area contributed by atoms with Crippen molar-refractivity contribution in [3.8, 4) is 0 Å². The first-order valence-electron chi connectivity index (χ1n) is 10.2. The van der Waals surface area contributed by atoms with E-state index in [4.69, 9.17) is 9.90 Å². The first-order chi connectivity index (χ1) is 15.2. The third-order valence-electron chi connectivity index (χ3n) is 5.60. The van der Waals surface area contributed by atoms with Crippen LogP contribution in [0.2, 0.25) is 0 Å². The van der Waals surface area contributed by atoms with Gasteiger partial charge in [0.25, 0.3) is 5.91 Å². The van der Waals surface area contributed by atoms with Gasteiger partial charge >= 0.3 is 12.1 Å². The Morgan fingerprint density at radius 1 is 1.06 bits per heavy atom. The molecule has 8 nitrogen and oxygen atoms in total. The number of carboxylic acids is 1. The largest absolute Gasteiger partial charge is 0.490 e. The van der Waals surface area contributed by atoms with Gasteiger partial charge in [-0.25, -0.2) is 9.78 Å². The Morgan fingerprint density at radius 3 is 2.47 bits per heavy atom. The standard InChI is InChI=1S/C19H23N5O.C2HF3O2/c25-18(17-12-20-8-9-22-17)24-11-6-19(15-24)5-3-10-23(14-19)13-16-4-1-2-7-21-16;3-2(4,5)1(6)7/h1-2,4,7-9,12H,3,5-6,10-11,13-15H2;(H,6,7). The molecule has 2 saturated heterocycles. The molecule has 2 aromatic heterocycles. The second-order valence-electron chi connectivity index (χ2n) is 8.01. The van der Waals surface area contributed by atoms with Crippen LogP contribution in [0.15, 0.2) is 43.0 Å². The Morgan fingerprint density at radius 2 is 1.84 bits per heavy atom. The van der Waals surface area contributed by atoms with Crippen LogP contribution >= 0.6 is 0 Å². The van der Waals surface area contributed by atoms with Gasteiger partial charge in [-0.15, -0.1) is 0 Å². The highest BCUT2D eigenvalue weighted by Gasteiger charge is 2.43. The summed E-state index contributed by atoms with van der Waals surface area (Å²) in [6.07, 6.45) is 4.94. The number of nitrogens with zero attached hydrogens (tertiary/aromatic N) is 5. The van der Waals surface area contributed by atoms with Crippen molar-refractivity contribution in [1.29, 1.82) is 0 Å². The van der Waals surface area contributed by atoms with Gasteiger partial charge in [-0.05, 0) is 37.9 Å². The Balaban J connectivity index is 0.000000360. The quantitative estimate of drug-likeness (QED) is 0.766. The van der Waals surface area contributed by atoms with Gasteiger partial charge in [-0.3, -0.25) is 19.7 Å². The number of piperidine rings is 1. The number of amides is 1. The van der Waals surface area contributed by atoms with E-state index >= 15 is 0 Å². The lowest BCUT2D eigenvalue weighted by atomic mass is 9.79. The maximum absolute atomic E-state index is 12.6. The maximum atomic E-state index is 12.6. The van der Waals surface area contributed by atoms with Crippen LogP contribution in [0.4, 0.5) is 13.2 Å². The van der Waals surface area contributed by atoms with Gasteiger partial charge in [0.05, 0.1) is 11.9 Å². The minimum atomic E-state index is -5.08. The molecule has 2 aliphatic heterocycles. The summed E-state index contributed by atoms with van der Waals surface area (Å²) < 4.78 is 31.7. The van der Waals surface area contributed by atoms with E-state index < -0.39 is 12.1 Å². The minimum Gasteiger partial charge on any atom is -0.475 e. The average molecular weight is 451 g/mol. The number of hydrogen-bond donors (Lipinski definition) is 1. The summed E-state index contributed by atoms with van der Waals surface area (Å²) in [4.78, 5) is 38.6. The molecule has 2 fully saturated rings. The van der Waals surface area contributed by atoms with Gasteiger partial charge in [0.1, 0.15) is 5.69 Å². The number of pyridine rings is 1. The van der Waals surface area contributed by atoms with Crippen molar-refractivity contribution in [1.82, 2.24) is 24.8 Å². The van der Waals surface area contributed by atoms with Gasteiger partial charge in [0.15, 0.2) is 0 Å². The molecule has 1 atom stereocenters. The number of carboxylic acid groups (broad SMARTS) is 1. The number of aromatic nitrogens is 3. The van der Waals surface area contributed by atoms with Gasteiger partial charge in [-0.2, -0.15) is 13.2 Å². The van der Waals surface area contributed by atoms with E-state index in [1.807, 2.05) is 23.2 Å². The molecule has 32 heavy (non-hydrogen) atoms. The van der Waals surface area contributed by atoms with E-state index in [-0.39, 0.29) is 11.3 Å². The van der Waals surface area contributed by atoms with Crippen LogP contribution in [0.3, 0.4) is 0 Å². The number of likely N-dealkylation sites (tertiary alicyclic amines) is 2. The fourth-order valence-corrected chi connectivity index (χ4v) is 4.18. The van der Waals surface area contributed by atoms with Crippen molar-refractivity contribution < 1.29 is 27.9 Å². The molecule has 4 heterocycles. The third-order valence-corrected chi connectivity index (χ3v) is 5.60. The molecule has 1 spiro atoms. The van der Waals surface area contributed by atoms with Crippen molar-refractivity contribution in [3.63, 3.8) is 0 Å². The van der Waals surface area contributed by atoms with E-state index in [9.17, 15) is 18.0 Å². The maximum Gasteiger partial charge on any atom is 0.490 e. The Labute approximate surface area is 183 Å². The molecule has 0 aliphatic carbocycles. The molecule has 2 aromatic rings. The topological polar surface area (TPSA) is 99.5 Å². The molecule has 11 heteroatoms. The van der Waals surface area contributed by atoms with Crippen molar-refractivity contribution >= 4 is 11.9 Å². The molecule has 172 valence electrons. The number of alkyl halides is 3. The van der Waals surface area contributed by atoms with Crippen molar-refractivity contribution in [2.45, 2.75) is 32.0 Å². The summed E-state index contributed by atoms with van der Waals surface area (Å²) >= 11 is 0. The number of aliphatic carboxylic acids is 1. The van der Waals surface area contributed by atoms with Crippen molar-refractivity contribution in [3.05, 3.63) is 54.4 Å². The van der Waals surface area contributed by atoms with Crippen molar-refractivity contribution in [2.75, 3.05) is 26.2 Å². The summed E-state index contributed by atoms with van der Waals surface area (Å²) in [6, 6.07) is 6.08. The first-order valence-corrected chi connectivity index (χ1v) is 10.2. The lowest BCUT2D eigenvalue weighted by Gasteiger charge is -2.40. The third kappa shape index (κ3) is 6.22. The van der Waals surface area contributed by atoms with Crippen LogP contribution < -0.4 is 0 Å². The van der Waals surface area contributed by atoms with Crippen LogP contribution in [0.5, 0.6) is 0 Å². The highest BCUT2D eigenvalue weighted by atomic mass is 19.4. The zero-order valence-corrected chi connectivity index (χ0v) is 17.3. The van der Waals surface area contributed by atoms with Gasteiger partial charge in [0, 0.05) is 50.2 Å². The predicted octanol–water partition coefficient (Wildman–Crippen LogP) is 2.63. The van der Waals surface area contributed by atoms with Gasteiger partial charge < -0.3 is 10.0 Å². The normalized spacial score (nSPS) is 21.2. The smallest absolute Gasteiger partial charge is 0.475 e. The number of rotatable bonds is 3. The van der Waals surface area contributed by atoms with Crippen LogP contribution in [-0.4, -0.2) is 74.1 Å². The lowest BCUT2D eigenvalue weighted by molar-refractivity contribution is -0.192. The van der Waals surface area contributed by atoms with E-state index in [0.717, 1.165) is 44.8 Å². The SMILES string of the molecule is O=C(O)C(F)(F)F.O=C(c1cnccn1)N1CCC2(CCCN(Cc3ccccn3)C2)C1. The zero-order chi connectivity index (χ0) is 23.2. The minimum absolute atomic E-state index is 0.00632. The van der Waals surface area contributed by atoms with Crippen LogP contribution in [0.1, 0.15) is 35.4 Å². The van der Waals surface area contributed by atoms with E-state index in [0.29, 0.717) is 5.69 Å². The number of carbonyl (C=O) groups excluding carboxylic acids is 1. The fourth-order valence-electron chi connectivity index (χ4n) is 4.18. The molecular formula is C21H24F3N5O3. The molecule has 2 aliphatic rings. The van der Waals surface area contributed by atoms with Crippen molar-refractivity contribution in [2.24, 2.45) is 5.41 Å². The fraction of sp³-hybridized carbons (Fsp3) is 0.476. The predicted molar refractivity (Wildman–Crippen MR) is 107 cm³/mol. The number of halogens is 3. The molecule has 0 radical (unpaired) electrons. The second-order valence-corrected chi connectivity index (χ2v) is 8.01. The Hall–Kier alpha value is -3.08. The summed E-state index contributed by atoms with van der Waals surface area (Å²) in [5.74, 6) is -2.75. The molecule has 0 saturated carbocycles. The van der Waals surface area contributed by atoms with Crippen LogP contribution in [0.25, 0.3) is 0 Å². The summed E-state index contributed by atoms with van der Waals surface area (Å²) in [6.45, 7) is 4.67. The molecule has 1 unspecified atom stereocenters. The van der Waals surface area contributed by atoms with E-state index in [1.54, 1.807) is 18.6 Å².